The van der Waals surface area contributed by atoms with E-state index in [9.17, 15) is 0 Å². The fourth-order valence-corrected chi connectivity index (χ4v) is 1.53. The molecule has 0 saturated carbocycles. The number of carbonyl (C=O) groups is 1. The largest absolute Gasteiger partial charge is 0.481 e. The molecule has 140 valence electrons. The molecule has 0 bridgehead atoms. The number of carboxylic acids is 1. The Balaban J connectivity index is 0. The van der Waals surface area contributed by atoms with Crippen LogP contribution in [0.3, 0.4) is 0 Å². The number of nitrogens with two attached hydrogens (primary N) is 1. The number of rotatable bonds is 1. The monoisotopic (exact) mass is 341 g/mol. The van der Waals surface area contributed by atoms with Gasteiger partial charge in [0.05, 0.1) is 6.61 Å². The molecule has 6 nitrogen and oxygen atoms in total. The lowest BCUT2D eigenvalue weighted by Crippen LogP contribution is -2.32. The maximum absolute atomic E-state index is 9.00. The molecule has 0 aliphatic carbocycles. The van der Waals surface area contributed by atoms with Crippen molar-refractivity contribution in [3.63, 3.8) is 0 Å². The highest BCUT2D eigenvalue weighted by atomic mass is 16.4. The molecule has 24 heavy (non-hydrogen) atoms. The quantitative estimate of drug-likeness (QED) is 0.717. The molecule has 4 N–H and O–H groups in total. The number of aliphatic hydroxyl groups excluding tert-OH is 1. The number of carboxylic acid groups (broad SMARTS) is 1. The summed E-state index contributed by atoms with van der Waals surface area (Å²) in [5.41, 5.74) is 5.47. The van der Waals surface area contributed by atoms with Gasteiger partial charge in [0.25, 0.3) is 5.97 Å². The van der Waals surface area contributed by atoms with Crippen LogP contribution in [0.4, 0.5) is 0 Å². The number of hydrogen-bond donors (Lipinski definition) is 3. The number of hydrogen-bond acceptors (Lipinski definition) is 5. The molecular formula is C18H35N3O3. The summed E-state index contributed by atoms with van der Waals surface area (Å²) in [6, 6.07) is 9.52. The predicted octanol–water partition coefficient (Wildman–Crippen LogP) is 1.49. The topological polar surface area (TPSA) is 90.0 Å². The Morgan fingerprint density at radius 1 is 1.00 bits per heavy atom. The molecule has 2 heterocycles. The Labute approximate surface area is 146 Å². The van der Waals surface area contributed by atoms with Crippen molar-refractivity contribution in [1.29, 1.82) is 0 Å². The minimum atomic E-state index is -0.833. The van der Waals surface area contributed by atoms with Crippen molar-refractivity contribution >= 4 is 5.97 Å². The number of benzene rings is 1. The lowest BCUT2D eigenvalue weighted by atomic mass is 10.2. The van der Waals surface area contributed by atoms with E-state index >= 15 is 0 Å². The highest BCUT2D eigenvalue weighted by Gasteiger charge is 2.05. The Bertz CT molecular complexity index is 364. The molecule has 1 aromatic rings. The molecule has 0 atom stereocenters. The molecule has 1 aromatic carbocycles. The van der Waals surface area contributed by atoms with E-state index in [1.807, 2.05) is 30.3 Å². The van der Waals surface area contributed by atoms with Crippen LogP contribution < -0.4 is 5.73 Å². The summed E-state index contributed by atoms with van der Waals surface area (Å²) in [5, 5.41) is 16.0. The van der Waals surface area contributed by atoms with Crippen LogP contribution in [-0.2, 0) is 11.4 Å². The lowest BCUT2D eigenvalue weighted by molar-refractivity contribution is -0.134. The van der Waals surface area contributed by atoms with Crippen molar-refractivity contribution in [1.82, 2.24) is 9.80 Å². The van der Waals surface area contributed by atoms with Crippen molar-refractivity contribution in [3.05, 3.63) is 35.9 Å². The zero-order chi connectivity index (χ0) is 18.8. The SMILES string of the molecule is CC(=O)O.CN.CN1CCC1.CN1CCC1.OCc1ccccc1. The van der Waals surface area contributed by atoms with Gasteiger partial charge in [0, 0.05) is 6.92 Å². The zero-order valence-corrected chi connectivity index (χ0v) is 15.6. The molecule has 2 saturated heterocycles. The molecule has 3 rings (SSSR count). The van der Waals surface area contributed by atoms with Crippen LogP contribution in [-0.4, -0.2) is 73.3 Å². The Morgan fingerprint density at radius 2 is 1.29 bits per heavy atom. The van der Waals surface area contributed by atoms with Gasteiger partial charge in [-0.2, -0.15) is 0 Å². The zero-order valence-electron chi connectivity index (χ0n) is 15.6. The first kappa shape index (κ1) is 24.8. The first-order chi connectivity index (χ1) is 11.5. The maximum atomic E-state index is 9.00. The van der Waals surface area contributed by atoms with Gasteiger partial charge in [-0.3, -0.25) is 4.79 Å². The van der Waals surface area contributed by atoms with Crippen LogP contribution in [0.25, 0.3) is 0 Å². The third-order valence-electron chi connectivity index (χ3n) is 3.18. The van der Waals surface area contributed by atoms with E-state index in [0.717, 1.165) is 12.5 Å². The third-order valence-corrected chi connectivity index (χ3v) is 3.18. The van der Waals surface area contributed by atoms with E-state index in [1.54, 1.807) is 0 Å². The van der Waals surface area contributed by atoms with Gasteiger partial charge in [0.2, 0.25) is 0 Å². The summed E-state index contributed by atoms with van der Waals surface area (Å²) in [4.78, 5) is 13.6. The predicted molar refractivity (Wildman–Crippen MR) is 100 cm³/mol. The van der Waals surface area contributed by atoms with Crippen LogP contribution in [0.15, 0.2) is 30.3 Å². The highest BCUT2D eigenvalue weighted by molar-refractivity contribution is 5.62. The molecular weight excluding hydrogens is 306 g/mol. The fourth-order valence-electron chi connectivity index (χ4n) is 1.53. The van der Waals surface area contributed by atoms with Gasteiger partial charge in [-0.15, -0.1) is 0 Å². The lowest BCUT2D eigenvalue weighted by Gasteiger charge is -2.24. The second kappa shape index (κ2) is 17.9. The van der Waals surface area contributed by atoms with Crippen LogP contribution in [0.1, 0.15) is 25.3 Å². The van der Waals surface area contributed by atoms with Crippen molar-refractivity contribution in [2.24, 2.45) is 5.73 Å². The minimum absolute atomic E-state index is 0.140. The van der Waals surface area contributed by atoms with E-state index in [4.69, 9.17) is 15.0 Å². The van der Waals surface area contributed by atoms with Crippen LogP contribution in [0.2, 0.25) is 0 Å². The van der Waals surface area contributed by atoms with E-state index in [-0.39, 0.29) is 6.61 Å². The Morgan fingerprint density at radius 3 is 1.42 bits per heavy atom. The van der Waals surface area contributed by atoms with Gasteiger partial charge < -0.3 is 25.7 Å². The average molecular weight is 341 g/mol. The summed E-state index contributed by atoms with van der Waals surface area (Å²) in [6.45, 7) is 6.50. The van der Waals surface area contributed by atoms with Gasteiger partial charge in [0.1, 0.15) is 0 Å². The molecule has 2 aliphatic rings. The highest BCUT2D eigenvalue weighted by Crippen LogP contribution is 1.99. The molecule has 2 aliphatic heterocycles. The van der Waals surface area contributed by atoms with E-state index < -0.39 is 5.97 Å². The first-order valence-corrected chi connectivity index (χ1v) is 8.24. The van der Waals surface area contributed by atoms with Crippen molar-refractivity contribution in [2.45, 2.75) is 26.4 Å². The summed E-state index contributed by atoms with van der Waals surface area (Å²) >= 11 is 0. The maximum Gasteiger partial charge on any atom is 0.300 e. The summed E-state index contributed by atoms with van der Waals surface area (Å²) < 4.78 is 0. The number of aliphatic carboxylic acids is 1. The van der Waals surface area contributed by atoms with E-state index in [1.165, 1.54) is 46.1 Å². The summed E-state index contributed by atoms with van der Waals surface area (Å²) in [6.07, 6.45) is 2.83. The second-order valence-electron chi connectivity index (χ2n) is 5.48. The Kier molecular flexibility index (Phi) is 18.5. The second-order valence-corrected chi connectivity index (χ2v) is 5.48. The van der Waals surface area contributed by atoms with Gasteiger partial charge in [-0.25, -0.2) is 0 Å². The molecule has 0 amide bonds. The number of nitrogens with zero attached hydrogens (tertiary/aromatic N) is 2. The molecule has 6 heteroatoms. The standard InChI is InChI=1S/C7H8O.2C4H9N.C2H4O2.CH5N/c8-6-7-4-2-1-3-5-7;2*1-5-3-2-4-5;1-2(3)4;1-2/h1-5,8H,6H2;2*2-4H2,1H3;1H3,(H,3,4);2H2,1H3. The van der Waals surface area contributed by atoms with Gasteiger partial charge in [0.15, 0.2) is 0 Å². The molecule has 0 aromatic heterocycles. The molecule has 0 spiro atoms. The first-order valence-electron chi connectivity index (χ1n) is 8.24. The third kappa shape index (κ3) is 18.6. The molecule has 0 radical (unpaired) electrons. The van der Waals surface area contributed by atoms with E-state index in [2.05, 4.69) is 29.6 Å². The minimum Gasteiger partial charge on any atom is -0.481 e. The Hall–Kier alpha value is -1.47. The van der Waals surface area contributed by atoms with Crippen molar-refractivity contribution in [2.75, 3.05) is 47.3 Å². The number of likely N-dealkylation sites (tertiary alicyclic amines) is 2. The average Bonchev–Trinajstić information content (AvgIpc) is 2.54. The van der Waals surface area contributed by atoms with Gasteiger partial charge >= 0.3 is 0 Å². The van der Waals surface area contributed by atoms with Crippen LogP contribution >= 0.6 is 0 Å². The van der Waals surface area contributed by atoms with Gasteiger partial charge in [-0.1, -0.05) is 30.3 Å². The van der Waals surface area contributed by atoms with Gasteiger partial charge in [-0.05, 0) is 65.7 Å². The van der Waals surface area contributed by atoms with Crippen LogP contribution in [0, 0.1) is 0 Å². The fraction of sp³-hybridized carbons (Fsp3) is 0.611. The smallest absolute Gasteiger partial charge is 0.300 e. The van der Waals surface area contributed by atoms with Crippen molar-refractivity contribution < 1.29 is 15.0 Å². The van der Waals surface area contributed by atoms with E-state index in [0.29, 0.717) is 0 Å². The van der Waals surface area contributed by atoms with Crippen LogP contribution in [0.5, 0.6) is 0 Å². The van der Waals surface area contributed by atoms with Crippen molar-refractivity contribution in [3.8, 4) is 0 Å². The number of aliphatic hydroxyl groups is 1. The summed E-state index contributed by atoms with van der Waals surface area (Å²) in [5.74, 6) is -0.833. The molecule has 0 unspecified atom stereocenters. The normalized spacial score (nSPS) is 15.1. The molecule has 2 fully saturated rings. The summed E-state index contributed by atoms with van der Waals surface area (Å²) in [7, 11) is 5.78.